The number of hydrogen-bond acceptors (Lipinski definition) is 3. The second kappa shape index (κ2) is 7.20. The molecule has 0 saturated heterocycles. The van der Waals surface area contributed by atoms with E-state index in [0.29, 0.717) is 15.8 Å². The number of thioether (sulfide) groups is 1. The van der Waals surface area contributed by atoms with E-state index in [1.165, 1.54) is 0 Å². The lowest BCUT2D eigenvalue weighted by Gasteiger charge is -2.26. The molecule has 0 aliphatic carbocycles. The highest BCUT2D eigenvalue weighted by molar-refractivity contribution is 7.99. The van der Waals surface area contributed by atoms with Gasteiger partial charge in [0.1, 0.15) is 5.54 Å². The molecule has 5 heteroatoms. The first kappa shape index (κ1) is 16.2. The Balaban J connectivity index is 2.21. The molecule has 2 aromatic carbocycles. The summed E-state index contributed by atoms with van der Waals surface area (Å²) < 4.78 is 0. The lowest BCUT2D eigenvalue weighted by molar-refractivity contribution is 0.528. The molecule has 2 aromatic rings. The highest BCUT2D eigenvalue weighted by Gasteiger charge is 2.30. The first-order valence-electron chi connectivity index (χ1n) is 6.35. The van der Waals surface area contributed by atoms with E-state index < -0.39 is 5.54 Å². The van der Waals surface area contributed by atoms with Crippen LogP contribution in [0.15, 0.2) is 53.4 Å². The van der Waals surface area contributed by atoms with Crippen LogP contribution in [0.4, 0.5) is 0 Å². The van der Waals surface area contributed by atoms with Crippen molar-refractivity contribution in [1.29, 1.82) is 5.26 Å². The molecule has 1 N–H and O–H groups in total. The lowest BCUT2D eigenvalue weighted by atomic mass is 9.94. The molecule has 0 aromatic heterocycles. The number of rotatable bonds is 5. The molecule has 2 nitrogen and oxygen atoms in total. The molecule has 0 spiro atoms. The number of hydrogen-bond donors (Lipinski definition) is 1. The van der Waals surface area contributed by atoms with Crippen molar-refractivity contribution in [3.8, 4) is 6.07 Å². The number of halogens is 2. The van der Waals surface area contributed by atoms with Crippen molar-refractivity contribution in [3.63, 3.8) is 0 Å². The van der Waals surface area contributed by atoms with Crippen LogP contribution >= 0.6 is 35.0 Å². The Labute approximate surface area is 139 Å². The molecule has 0 fully saturated rings. The molecule has 0 aliphatic rings. The summed E-state index contributed by atoms with van der Waals surface area (Å²) in [6.07, 6.45) is 0. The monoisotopic (exact) mass is 336 g/mol. The molecule has 1 atom stereocenters. The Kier molecular flexibility index (Phi) is 5.55. The molecule has 0 heterocycles. The first-order valence-corrected chi connectivity index (χ1v) is 8.09. The fourth-order valence-electron chi connectivity index (χ4n) is 1.93. The molecule has 108 valence electrons. The molecule has 0 bridgehead atoms. The van der Waals surface area contributed by atoms with E-state index in [9.17, 15) is 5.26 Å². The van der Waals surface area contributed by atoms with Gasteiger partial charge in [0.25, 0.3) is 0 Å². The van der Waals surface area contributed by atoms with Crippen molar-refractivity contribution in [3.05, 3.63) is 64.1 Å². The second-order valence-electron chi connectivity index (χ2n) is 4.50. The number of benzene rings is 2. The standard InChI is InChI=1S/C16H14Cl2N2S/c1-20-16(10-19,12-5-3-2-4-6-12)11-21-13-7-8-14(17)15(18)9-13/h2-9,20H,11H2,1H3. The Morgan fingerprint density at radius 3 is 2.43 bits per heavy atom. The average Bonchev–Trinajstić information content (AvgIpc) is 2.53. The highest BCUT2D eigenvalue weighted by Crippen LogP contribution is 2.32. The van der Waals surface area contributed by atoms with E-state index in [2.05, 4.69) is 11.4 Å². The van der Waals surface area contributed by atoms with Crippen LogP contribution in [0.2, 0.25) is 10.0 Å². The summed E-state index contributed by atoms with van der Waals surface area (Å²) in [5, 5.41) is 13.8. The lowest BCUT2D eigenvalue weighted by Crippen LogP contribution is -2.41. The van der Waals surface area contributed by atoms with Gasteiger partial charge < -0.3 is 0 Å². The van der Waals surface area contributed by atoms with Gasteiger partial charge in [-0.2, -0.15) is 5.26 Å². The smallest absolute Gasteiger partial charge is 0.141 e. The molecule has 0 radical (unpaired) electrons. The molecule has 2 rings (SSSR count). The zero-order valence-corrected chi connectivity index (χ0v) is 13.8. The van der Waals surface area contributed by atoms with Crippen molar-refractivity contribution in [2.24, 2.45) is 0 Å². The Hall–Kier alpha value is -1.18. The number of nitrogens with zero attached hydrogens (tertiary/aromatic N) is 1. The topological polar surface area (TPSA) is 35.8 Å². The summed E-state index contributed by atoms with van der Waals surface area (Å²) in [5.41, 5.74) is 0.209. The third-order valence-electron chi connectivity index (χ3n) is 3.23. The maximum atomic E-state index is 9.63. The van der Waals surface area contributed by atoms with Gasteiger partial charge in [0.2, 0.25) is 0 Å². The summed E-state index contributed by atoms with van der Waals surface area (Å²) in [6, 6.07) is 17.6. The summed E-state index contributed by atoms with van der Waals surface area (Å²) >= 11 is 13.5. The van der Waals surface area contributed by atoms with Gasteiger partial charge in [0.05, 0.1) is 16.1 Å². The van der Waals surface area contributed by atoms with Crippen molar-refractivity contribution >= 4 is 35.0 Å². The van der Waals surface area contributed by atoms with E-state index in [-0.39, 0.29) is 0 Å². The fraction of sp³-hybridized carbons (Fsp3) is 0.188. The SMILES string of the molecule is CNC(C#N)(CSc1ccc(Cl)c(Cl)c1)c1ccccc1. The van der Waals surface area contributed by atoms with E-state index >= 15 is 0 Å². The first-order chi connectivity index (χ1) is 10.1. The molecule has 0 saturated carbocycles. The summed E-state index contributed by atoms with van der Waals surface area (Å²) in [5.74, 6) is 0.571. The maximum Gasteiger partial charge on any atom is 0.141 e. The number of nitrogens with one attached hydrogen (secondary N) is 1. The maximum absolute atomic E-state index is 9.63. The van der Waals surface area contributed by atoms with Crippen LogP contribution in [0.1, 0.15) is 5.56 Å². The Morgan fingerprint density at radius 1 is 1.14 bits per heavy atom. The third kappa shape index (κ3) is 3.72. The zero-order chi connectivity index (χ0) is 15.3. The largest absolute Gasteiger partial charge is 0.298 e. The van der Waals surface area contributed by atoms with E-state index in [1.807, 2.05) is 42.5 Å². The summed E-state index contributed by atoms with van der Waals surface area (Å²) in [7, 11) is 1.80. The van der Waals surface area contributed by atoms with Gasteiger partial charge in [-0.25, -0.2) is 0 Å². The van der Waals surface area contributed by atoms with Gasteiger partial charge in [-0.3, -0.25) is 5.32 Å². The summed E-state index contributed by atoms with van der Waals surface area (Å²) in [4.78, 5) is 0.982. The molecule has 1 unspecified atom stereocenters. The average molecular weight is 337 g/mol. The van der Waals surface area contributed by atoms with E-state index in [1.54, 1.807) is 24.9 Å². The quantitative estimate of drug-likeness (QED) is 0.802. The molecule has 21 heavy (non-hydrogen) atoms. The third-order valence-corrected chi connectivity index (χ3v) is 5.13. The van der Waals surface area contributed by atoms with E-state index in [4.69, 9.17) is 23.2 Å². The zero-order valence-electron chi connectivity index (χ0n) is 11.4. The van der Waals surface area contributed by atoms with Gasteiger partial charge in [-0.05, 0) is 30.8 Å². The van der Waals surface area contributed by atoms with Crippen LogP contribution in [-0.2, 0) is 5.54 Å². The fourth-order valence-corrected chi connectivity index (χ4v) is 3.42. The summed E-state index contributed by atoms with van der Waals surface area (Å²) in [6.45, 7) is 0. The molecular formula is C16H14Cl2N2S. The Bertz CT molecular complexity index is 655. The predicted octanol–water partition coefficient (Wildman–Crippen LogP) is 4.72. The van der Waals surface area contributed by atoms with Gasteiger partial charge >= 0.3 is 0 Å². The van der Waals surface area contributed by atoms with Crippen LogP contribution in [-0.4, -0.2) is 12.8 Å². The highest BCUT2D eigenvalue weighted by atomic mass is 35.5. The van der Waals surface area contributed by atoms with Gasteiger partial charge in [0, 0.05) is 10.6 Å². The minimum Gasteiger partial charge on any atom is -0.298 e. The van der Waals surface area contributed by atoms with Crippen molar-refractivity contribution < 1.29 is 0 Å². The normalized spacial score (nSPS) is 13.4. The van der Waals surface area contributed by atoms with E-state index in [0.717, 1.165) is 10.5 Å². The minimum absolute atomic E-state index is 0.522. The van der Waals surface area contributed by atoms with Crippen LogP contribution in [0.5, 0.6) is 0 Å². The number of nitriles is 1. The van der Waals surface area contributed by atoms with Gasteiger partial charge in [-0.15, -0.1) is 11.8 Å². The molecule has 0 aliphatic heterocycles. The van der Waals surface area contributed by atoms with Crippen molar-refractivity contribution in [2.45, 2.75) is 10.4 Å². The second-order valence-corrected chi connectivity index (χ2v) is 6.36. The van der Waals surface area contributed by atoms with Gasteiger partial charge in [-0.1, -0.05) is 53.5 Å². The van der Waals surface area contributed by atoms with Gasteiger partial charge in [0.15, 0.2) is 0 Å². The Morgan fingerprint density at radius 2 is 1.86 bits per heavy atom. The molecule has 0 amide bonds. The van der Waals surface area contributed by atoms with Crippen molar-refractivity contribution in [1.82, 2.24) is 5.32 Å². The van der Waals surface area contributed by atoms with Crippen LogP contribution < -0.4 is 5.32 Å². The minimum atomic E-state index is -0.738. The van der Waals surface area contributed by atoms with Crippen LogP contribution in [0, 0.1) is 11.3 Å². The van der Waals surface area contributed by atoms with Crippen LogP contribution in [0.3, 0.4) is 0 Å². The predicted molar refractivity (Wildman–Crippen MR) is 90.0 cm³/mol. The molecular weight excluding hydrogens is 323 g/mol. The van der Waals surface area contributed by atoms with Crippen molar-refractivity contribution in [2.75, 3.05) is 12.8 Å². The van der Waals surface area contributed by atoms with Crippen LogP contribution in [0.25, 0.3) is 0 Å².